The molecule has 0 aliphatic carbocycles. The van der Waals surface area contributed by atoms with E-state index in [0.29, 0.717) is 44.8 Å². The highest BCUT2D eigenvalue weighted by molar-refractivity contribution is 5.78. The number of amides is 3. The summed E-state index contributed by atoms with van der Waals surface area (Å²) in [7, 11) is 0. The normalized spacial score (nSPS) is 12.0. The van der Waals surface area contributed by atoms with Gasteiger partial charge in [-0.25, -0.2) is 4.79 Å². The third-order valence-corrected chi connectivity index (χ3v) is 6.03. The molecule has 0 spiro atoms. The van der Waals surface area contributed by atoms with Crippen molar-refractivity contribution in [2.75, 3.05) is 13.2 Å². The molecule has 12 heteroatoms. The molecule has 12 nitrogen and oxygen atoms in total. The maximum Gasteiger partial charge on any atom is 0.408 e. The van der Waals surface area contributed by atoms with Gasteiger partial charge in [-0.2, -0.15) is 0 Å². The number of nitrogens with zero attached hydrogens (tertiary/aromatic N) is 4. The predicted octanol–water partition coefficient (Wildman–Crippen LogP) is 3.72. The van der Waals surface area contributed by atoms with Gasteiger partial charge in [0, 0.05) is 43.6 Å². The number of ether oxygens (including phenoxy) is 2. The molecule has 2 rings (SSSR count). The van der Waals surface area contributed by atoms with Crippen molar-refractivity contribution in [1.82, 2.24) is 36.3 Å². The summed E-state index contributed by atoms with van der Waals surface area (Å²) in [5.74, 6) is 0.227. The van der Waals surface area contributed by atoms with E-state index in [2.05, 4.69) is 36.3 Å². The van der Waals surface area contributed by atoms with Crippen molar-refractivity contribution < 1.29 is 23.9 Å². The second-order valence-corrected chi connectivity index (χ2v) is 12.2. The number of hydrogen-bond acceptors (Lipinski definition) is 9. The number of rotatable bonds is 15. The van der Waals surface area contributed by atoms with Crippen LogP contribution in [0.4, 0.5) is 4.79 Å². The van der Waals surface area contributed by atoms with Crippen LogP contribution in [0.25, 0.3) is 11.4 Å². The predicted molar refractivity (Wildman–Crippen MR) is 154 cm³/mol. The molecular formula is C29H45N7O5. The fraction of sp³-hybridized carbons (Fsp3) is 0.621. The van der Waals surface area contributed by atoms with Gasteiger partial charge < -0.3 is 25.4 Å². The van der Waals surface area contributed by atoms with Crippen LogP contribution in [0.5, 0.6) is 0 Å². The molecule has 0 bridgehead atoms. The molecule has 0 saturated carbocycles. The van der Waals surface area contributed by atoms with Crippen LogP contribution in [0.15, 0.2) is 30.6 Å². The minimum atomic E-state index is -0.556. The van der Waals surface area contributed by atoms with Gasteiger partial charge in [-0.15, -0.1) is 20.4 Å². The lowest BCUT2D eigenvalue weighted by Gasteiger charge is -2.31. The Labute approximate surface area is 242 Å². The highest BCUT2D eigenvalue weighted by Gasteiger charge is 2.26. The third-order valence-electron chi connectivity index (χ3n) is 6.03. The zero-order valence-corrected chi connectivity index (χ0v) is 25.4. The number of benzene rings is 1. The lowest BCUT2D eigenvalue weighted by molar-refractivity contribution is -0.122. The van der Waals surface area contributed by atoms with Crippen molar-refractivity contribution in [3.05, 3.63) is 36.2 Å². The van der Waals surface area contributed by atoms with Crippen LogP contribution in [-0.4, -0.2) is 68.2 Å². The van der Waals surface area contributed by atoms with Crippen molar-refractivity contribution in [3.63, 3.8) is 0 Å². The smallest absolute Gasteiger partial charge is 0.408 e. The van der Waals surface area contributed by atoms with Crippen LogP contribution >= 0.6 is 0 Å². The SMILES string of the molecule is CC(C)(CCOC(C)(C)CCNC(=O)CCCC(=O)NCc1ccc(-c2nncnn2)cc1)NC(=O)OC(C)(C)C. The second-order valence-electron chi connectivity index (χ2n) is 12.2. The Morgan fingerprint density at radius 1 is 0.829 bits per heavy atom. The number of carbonyl (C=O) groups is 3. The molecule has 1 aromatic carbocycles. The second kappa shape index (κ2) is 15.4. The molecule has 2 aromatic rings. The Balaban J connectivity index is 1.57. The van der Waals surface area contributed by atoms with Crippen molar-refractivity contribution in [2.45, 2.75) is 104 Å². The fourth-order valence-corrected chi connectivity index (χ4v) is 3.68. The van der Waals surface area contributed by atoms with Crippen LogP contribution in [0, 0.1) is 0 Å². The summed E-state index contributed by atoms with van der Waals surface area (Å²) in [4.78, 5) is 36.5. The number of aromatic nitrogens is 4. The maximum atomic E-state index is 12.2. The van der Waals surface area contributed by atoms with Crippen molar-refractivity contribution in [1.29, 1.82) is 0 Å². The van der Waals surface area contributed by atoms with Crippen molar-refractivity contribution >= 4 is 17.9 Å². The first kappa shape index (κ1) is 33.5. The van der Waals surface area contributed by atoms with E-state index >= 15 is 0 Å². The molecule has 0 radical (unpaired) electrons. The standard InChI is InChI=1S/C29H45N7O5/c1-27(2,3)41-26(39)34-28(4,5)16-18-40-29(6,7)15-17-30-23(37)9-8-10-24(38)31-19-21-11-13-22(14-12-21)25-35-32-20-33-36-25/h11-14,20H,8-10,15-19H2,1-7H3,(H,30,37)(H,31,38)(H,34,39). The van der Waals surface area contributed by atoms with Gasteiger partial charge in [0.15, 0.2) is 6.33 Å². The highest BCUT2D eigenvalue weighted by Crippen LogP contribution is 2.18. The van der Waals surface area contributed by atoms with E-state index in [0.717, 1.165) is 11.1 Å². The van der Waals surface area contributed by atoms with Crippen molar-refractivity contribution in [2.24, 2.45) is 0 Å². The molecule has 3 amide bonds. The van der Waals surface area contributed by atoms with Crippen LogP contribution in [0.1, 0.15) is 86.1 Å². The zero-order valence-electron chi connectivity index (χ0n) is 25.4. The Bertz CT molecular complexity index is 1120. The van der Waals surface area contributed by atoms with Crippen molar-refractivity contribution in [3.8, 4) is 11.4 Å². The largest absolute Gasteiger partial charge is 0.444 e. The van der Waals surface area contributed by atoms with Gasteiger partial charge in [0.2, 0.25) is 17.6 Å². The van der Waals surface area contributed by atoms with Gasteiger partial charge in [-0.1, -0.05) is 24.3 Å². The quantitative estimate of drug-likeness (QED) is 0.290. The van der Waals surface area contributed by atoms with Crippen LogP contribution < -0.4 is 16.0 Å². The summed E-state index contributed by atoms with van der Waals surface area (Å²) in [6.45, 7) is 14.5. The fourth-order valence-electron chi connectivity index (χ4n) is 3.68. The first-order valence-corrected chi connectivity index (χ1v) is 13.9. The average Bonchev–Trinajstić information content (AvgIpc) is 2.86. The molecule has 0 atom stereocenters. The van der Waals surface area contributed by atoms with E-state index in [4.69, 9.17) is 9.47 Å². The molecule has 0 unspecified atom stereocenters. The van der Waals surface area contributed by atoms with Crippen LogP contribution in [0.2, 0.25) is 0 Å². The number of nitrogens with one attached hydrogen (secondary N) is 3. The Morgan fingerprint density at radius 2 is 1.44 bits per heavy atom. The molecule has 3 N–H and O–H groups in total. The van der Waals surface area contributed by atoms with E-state index in [1.165, 1.54) is 6.33 Å². The molecule has 226 valence electrons. The van der Waals surface area contributed by atoms with E-state index in [-0.39, 0.29) is 24.7 Å². The summed E-state index contributed by atoms with van der Waals surface area (Å²) < 4.78 is 11.4. The van der Waals surface area contributed by atoms with E-state index in [1.807, 2.05) is 72.7 Å². The van der Waals surface area contributed by atoms with Gasteiger partial charge in [-0.05, 0) is 73.3 Å². The van der Waals surface area contributed by atoms with Crippen LogP contribution in [-0.2, 0) is 25.6 Å². The molecule has 41 heavy (non-hydrogen) atoms. The molecule has 0 saturated heterocycles. The topological polar surface area (TPSA) is 157 Å². The summed E-state index contributed by atoms with van der Waals surface area (Å²) in [5, 5.41) is 23.9. The summed E-state index contributed by atoms with van der Waals surface area (Å²) in [6, 6.07) is 7.46. The molecule has 1 aromatic heterocycles. The zero-order chi connectivity index (χ0) is 30.5. The van der Waals surface area contributed by atoms with E-state index in [9.17, 15) is 14.4 Å². The minimum Gasteiger partial charge on any atom is -0.444 e. The molecule has 0 fully saturated rings. The maximum absolute atomic E-state index is 12.2. The molecule has 0 aliphatic heterocycles. The number of hydrogen-bond donors (Lipinski definition) is 3. The minimum absolute atomic E-state index is 0.0982. The van der Waals surface area contributed by atoms with Gasteiger partial charge >= 0.3 is 6.09 Å². The lowest BCUT2D eigenvalue weighted by atomic mass is 10.0. The lowest BCUT2D eigenvalue weighted by Crippen LogP contribution is -2.46. The van der Waals surface area contributed by atoms with Gasteiger partial charge in [-0.3, -0.25) is 9.59 Å². The molecular weight excluding hydrogens is 526 g/mol. The first-order valence-electron chi connectivity index (χ1n) is 13.9. The summed E-state index contributed by atoms with van der Waals surface area (Å²) >= 11 is 0. The molecule has 0 aliphatic rings. The molecule has 1 heterocycles. The Kier molecular flexibility index (Phi) is 12.6. The van der Waals surface area contributed by atoms with E-state index in [1.54, 1.807) is 0 Å². The Hall–Kier alpha value is -3.67. The van der Waals surface area contributed by atoms with E-state index < -0.39 is 22.8 Å². The Morgan fingerprint density at radius 3 is 2.05 bits per heavy atom. The highest BCUT2D eigenvalue weighted by atomic mass is 16.6. The average molecular weight is 572 g/mol. The third kappa shape index (κ3) is 14.5. The summed E-state index contributed by atoms with van der Waals surface area (Å²) in [6.07, 6.45) is 3.04. The number of alkyl carbamates (subject to hydrolysis) is 1. The van der Waals surface area contributed by atoms with Gasteiger partial charge in [0.25, 0.3) is 0 Å². The summed E-state index contributed by atoms with van der Waals surface area (Å²) in [5.41, 5.74) is 0.231. The first-order chi connectivity index (χ1) is 19.1. The monoisotopic (exact) mass is 571 g/mol. The van der Waals surface area contributed by atoms with Gasteiger partial charge in [0.1, 0.15) is 5.60 Å². The van der Waals surface area contributed by atoms with Gasteiger partial charge in [0.05, 0.1) is 5.60 Å². The van der Waals surface area contributed by atoms with Crippen LogP contribution in [0.3, 0.4) is 0 Å². The number of carbonyl (C=O) groups excluding carboxylic acids is 3.